The minimum absolute atomic E-state index is 0.0233. The van der Waals surface area contributed by atoms with Crippen LogP contribution in [0.1, 0.15) is 36.7 Å². The number of carbonyl (C=O) groups is 2. The number of aromatic nitrogens is 1. The van der Waals surface area contributed by atoms with Gasteiger partial charge in [-0.25, -0.2) is 0 Å². The van der Waals surface area contributed by atoms with Gasteiger partial charge in [0.05, 0.1) is 13.2 Å². The van der Waals surface area contributed by atoms with Gasteiger partial charge >= 0.3 is 0 Å². The van der Waals surface area contributed by atoms with Crippen LogP contribution in [0.5, 0.6) is 11.5 Å². The van der Waals surface area contributed by atoms with Crippen LogP contribution < -0.4 is 20.1 Å². The lowest BCUT2D eigenvalue weighted by molar-refractivity contribution is -0.120. The average Bonchev–Trinajstić information content (AvgIpc) is 2.65. The molecule has 0 atom stereocenters. The van der Waals surface area contributed by atoms with Crippen LogP contribution in [-0.4, -0.2) is 36.0 Å². The summed E-state index contributed by atoms with van der Waals surface area (Å²) in [5, 5.41) is 5.31. The van der Waals surface area contributed by atoms with Crippen molar-refractivity contribution in [3.05, 3.63) is 53.9 Å². The molecule has 144 valence electrons. The molecule has 7 heteroatoms. The number of ether oxygens (including phenoxy) is 2. The maximum absolute atomic E-state index is 12.3. The van der Waals surface area contributed by atoms with Gasteiger partial charge in [0.1, 0.15) is 6.61 Å². The smallest absolute Gasteiger partial charge is 0.251 e. The van der Waals surface area contributed by atoms with Crippen molar-refractivity contribution >= 4 is 11.8 Å². The number of nitrogens with zero attached hydrogens (tertiary/aromatic N) is 1. The molecule has 0 aliphatic carbocycles. The normalized spacial score (nSPS) is 10.4. The van der Waals surface area contributed by atoms with Crippen molar-refractivity contribution in [3.8, 4) is 11.5 Å². The van der Waals surface area contributed by atoms with E-state index in [1.807, 2.05) is 32.9 Å². The summed E-state index contributed by atoms with van der Waals surface area (Å²) in [6, 6.07) is 8.71. The van der Waals surface area contributed by atoms with Crippen molar-refractivity contribution in [2.24, 2.45) is 0 Å². The molecular formula is C20H25N3O4. The van der Waals surface area contributed by atoms with Crippen molar-refractivity contribution in [1.29, 1.82) is 0 Å². The zero-order valence-corrected chi connectivity index (χ0v) is 15.8. The Labute approximate surface area is 159 Å². The minimum atomic E-state index is -0.353. The molecule has 0 aliphatic rings. The number of hydrogen-bond donors (Lipinski definition) is 2. The second kappa shape index (κ2) is 10.2. The zero-order chi connectivity index (χ0) is 19.6. The molecule has 27 heavy (non-hydrogen) atoms. The molecule has 0 spiro atoms. The monoisotopic (exact) mass is 371 g/mol. The van der Waals surface area contributed by atoms with Gasteiger partial charge in [0.15, 0.2) is 11.5 Å². The van der Waals surface area contributed by atoms with Crippen molar-refractivity contribution in [1.82, 2.24) is 15.6 Å². The van der Waals surface area contributed by atoms with Gasteiger partial charge in [-0.05, 0) is 45.0 Å². The lowest BCUT2D eigenvalue weighted by Crippen LogP contribution is -2.39. The highest BCUT2D eigenvalue weighted by atomic mass is 16.5. The summed E-state index contributed by atoms with van der Waals surface area (Å²) >= 11 is 0. The van der Waals surface area contributed by atoms with Gasteiger partial charge in [0.2, 0.25) is 5.91 Å². The van der Waals surface area contributed by atoms with Crippen molar-refractivity contribution in [3.63, 3.8) is 0 Å². The predicted molar refractivity (Wildman–Crippen MR) is 102 cm³/mol. The molecule has 0 saturated carbocycles. The van der Waals surface area contributed by atoms with Gasteiger partial charge in [-0.3, -0.25) is 14.6 Å². The summed E-state index contributed by atoms with van der Waals surface area (Å²) in [5.74, 6) is 0.420. The number of pyridine rings is 1. The third kappa shape index (κ3) is 6.62. The minimum Gasteiger partial charge on any atom is -0.490 e. The summed E-state index contributed by atoms with van der Waals surface area (Å²) in [4.78, 5) is 28.0. The number of amides is 2. The van der Waals surface area contributed by atoms with Crippen molar-refractivity contribution in [2.75, 3.05) is 13.2 Å². The SMILES string of the molecule is CCOc1cc(C(=O)NCC(=O)NC(C)C)ccc1OCc1cccnc1. The van der Waals surface area contributed by atoms with E-state index in [0.717, 1.165) is 5.56 Å². The molecule has 2 aromatic rings. The fraction of sp³-hybridized carbons (Fsp3) is 0.350. The Bertz CT molecular complexity index is 763. The van der Waals surface area contributed by atoms with Crippen LogP contribution in [0.15, 0.2) is 42.7 Å². The number of carbonyl (C=O) groups excluding carboxylic acids is 2. The lowest BCUT2D eigenvalue weighted by atomic mass is 10.2. The Balaban J connectivity index is 2.02. The number of nitrogens with one attached hydrogen (secondary N) is 2. The van der Waals surface area contributed by atoms with Gasteiger partial charge in [-0.1, -0.05) is 6.07 Å². The van der Waals surface area contributed by atoms with Crippen LogP contribution in [0.25, 0.3) is 0 Å². The Kier molecular flexibility index (Phi) is 7.61. The molecular weight excluding hydrogens is 346 g/mol. The van der Waals surface area contributed by atoms with E-state index >= 15 is 0 Å². The Morgan fingerprint density at radius 1 is 1.15 bits per heavy atom. The molecule has 0 unspecified atom stereocenters. The number of benzene rings is 1. The Morgan fingerprint density at radius 2 is 1.96 bits per heavy atom. The van der Waals surface area contributed by atoms with Crippen LogP contribution in [0.2, 0.25) is 0 Å². The summed E-state index contributed by atoms with van der Waals surface area (Å²) in [6.45, 7) is 6.27. The largest absolute Gasteiger partial charge is 0.490 e. The highest BCUT2D eigenvalue weighted by Gasteiger charge is 2.13. The summed E-state index contributed by atoms with van der Waals surface area (Å²) < 4.78 is 11.4. The predicted octanol–water partition coefficient (Wildman–Crippen LogP) is 2.31. The molecule has 1 aromatic heterocycles. The van der Waals surface area contributed by atoms with E-state index in [1.54, 1.807) is 30.6 Å². The van der Waals surface area contributed by atoms with E-state index < -0.39 is 0 Å². The molecule has 7 nitrogen and oxygen atoms in total. The highest BCUT2D eigenvalue weighted by Crippen LogP contribution is 2.29. The molecule has 0 saturated heterocycles. The quantitative estimate of drug-likeness (QED) is 0.706. The van der Waals surface area contributed by atoms with Gasteiger partial charge < -0.3 is 20.1 Å². The molecule has 0 bridgehead atoms. The van der Waals surface area contributed by atoms with Crippen molar-refractivity contribution in [2.45, 2.75) is 33.4 Å². The zero-order valence-electron chi connectivity index (χ0n) is 15.8. The van der Waals surface area contributed by atoms with E-state index in [1.165, 1.54) is 0 Å². The second-order valence-corrected chi connectivity index (χ2v) is 6.15. The molecule has 0 radical (unpaired) electrons. The van der Waals surface area contributed by atoms with Gasteiger partial charge in [0.25, 0.3) is 5.91 Å². The topological polar surface area (TPSA) is 89.5 Å². The summed E-state index contributed by atoms with van der Waals surface area (Å²) in [6.07, 6.45) is 3.42. The van der Waals surface area contributed by atoms with E-state index in [4.69, 9.17) is 9.47 Å². The molecule has 0 fully saturated rings. The highest BCUT2D eigenvalue weighted by molar-refractivity contribution is 5.97. The molecule has 1 aromatic carbocycles. The van der Waals surface area contributed by atoms with E-state index in [2.05, 4.69) is 15.6 Å². The second-order valence-electron chi connectivity index (χ2n) is 6.15. The number of rotatable bonds is 9. The first kappa shape index (κ1) is 20.2. The molecule has 2 amide bonds. The van der Waals surface area contributed by atoms with Crippen LogP contribution >= 0.6 is 0 Å². The van der Waals surface area contributed by atoms with Crippen molar-refractivity contribution < 1.29 is 19.1 Å². The Hall–Kier alpha value is -3.09. The summed E-state index contributed by atoms with van der Waals surface area (Å²) in [5.41, 5.74) is 1.32. The fourth-order valence-electron chi connectivity index (χ4n) is 2.32. The average molecular weight is 371 g/mol. The van der Waals surface area contributed by atoms with Gasteiger partial charge in [0, 0.05) is 29.6 Å². The van der Waals surface area contributed by atoms with Crippen LogP contribution in [0, 0.1) is 0 Å². The van der Waals surface area contributed by atoms with Gasteiger partial charge in [-0.2, -0.15) is 0 Å². The Morgan fingerprint density at radius 3 is 2.63 bits per heavy atom. The van der Waals surface area contributed by atoms with Gasteiger partial charge in [-0.15, -0.1) is 0 Å². The van der Waals surface area contributed by atoms with E-state index in [0.29, 0.717) is 30.3 Å². The standard InChI is InChI=1S/C20H25N3O4/c1-4-26-18-10-16(20(25)22-12-19(24)23-14(2)3)7-8-17(18)27-13-15-6-5-9-21-11-15/h5-11,14H,4,12-13H2,1-3H3,(H,22,25)(H,23,24). The maximum atomic E-state index is 12.3. The first-order chi connectivity index (χ1) is 13.0. The van der Waals surface area contributed by atoms with Crippen LogP contribution in [0.4, 0.5) is 0 Å². The van der Waals surface area contributed by atoms with Crippen LogP contribution in [0.3, 0.4) is 0 Å². The molecule has 2 rings (SSSR count). The molecule has 2 N–H and O–H groups in total. The number of hydrogen-bond acceptors (Lipinski definition) is 5. The van der Waals surface area contributed by atoms with E-state index in [9.17, 15) is 9.59 Å². The lowest BCUT2D eigenvalue weighted by Gasteiger charge is -2.14. The van der Waals surface area contributed by atoms with E-state index in [-0.39, 0.29) is 24.4 Å². The van der Waals surface area contributed by atoms with Crippen LogP contribution in [-0.2, 0) is 11.4 Å². The summed E-state index contributed by atoms with van der Waals surface area (Å²) in [7, 11) is 0. The third-order valence-corrected chi connectivity index (χ3v) is 3.48. The first-order valence-corrected chi connectivity index (χ1v) is 8.85. The third-order valence-electron chi connectivity index (χ3n) is 3.48. The fourth-order valence-corrected chi connectivity index (χ4v) is 2.32. The molecule has 0 aliphatic heterocycles. The molecule has 1 heterocycles. The first-order valence-electron chi connectivity index (χ1n) is 8.85. The maximum Gasteiger partial charge on any atom is 0.251 e.